The van der Waals surface area contributed by atoms with Gasteiger partial charge in [-0.05, 0) is 13.5 Å². The fourth-order valence-electron chi connectivity index (χ4n) is 1.43. The van der Waals surface area contributed by atoms with Crippen molar-refractivity contribution in [2.24, 2.45) is 0 Å². The number of thiazole rings is 1. The monoisotopic (exact) mass is 257 g/mol. The molecular formula is C12H23N3OS. The Morgan fingerprint density at radius 3 is 2.94 bits per heavy atom. The molecular weight excluding hydrogens is 234 g/mol. The van der Waals surface area contributed by atoms with E-state index in [1.165, 1.54) is 9.88 Å². The van der Waals surface area contributed by atoms with Gasteiger partial charge in [-0.2, -0.15) is 0 Å². The zero-order chi connectivity index (χ0) is 12.5. The molecule has 0 saturated carbocycles. The van der Waals surface area contributed by atoms with E-state index in [0.717, 1.165) is 39.2 Å². The van der Waals surface area contributed by atoms with Gasteiger partial charge in [-0.25, -0.2) is 4.98 Å². The molecule has 0 spiro atoms. The SMILES string of the molecule is CCc1ncc(CNCCN(C)CCOC)s1. The summed E-state index contributed by atoms with van der Waals surface area (Å²) in [6.07, 6.45) is 3.01. The van der Waals surface area contributed by atoms with Gasteiger partial charge in [0, 0.05) is 44.4 Å². The van der Waals surface area contributed by atoms with Gasteiger partial charge in [-0.15, -0.1) is 11.3 Å². The van der Waals surface area contributed by atoms with Gasteiger partial charge in [0.1, 0.15) is 0 Å². The second kappa shape index (κ2) is 8.58. The minimum Gasteiger partial charge on any atom is -0.383 e. The molecule has 0 aromatic carbocycles. The number of hydrogen-bond donors (Lipinski definition) is 1. The summed E-state index contributed by atoms with van der Waals surface area (Å²) in [7, 11) is 3.85. The van der Waals surface area contributed by atoms with Crippen LogP contribution in [-0.4, -0.2) is 50.3 Å². The van der Waals surface area contributed by atoms with Crippen LogP contribution in [-0.2, 0) is 17.7 Å². The molecule has 0 radical (unpaired) electrons. The summed E-state index contributed by atoms with van der Waals surface area (Å²) >= 11 is 1.80. The van der Waals surface area contributed by atoms with Crippen LogP contribution >= 0.6 is 11.3 Å². The number of likely N-dealkylation sites (N-methyl/N-ethyl adjacent to an activating group) is 1. The summed E-state index contributed by atoms with van der Waals surface area (Å²) in [6.45, 7) is 6.89. The number of aryl methyl sites for hydroxylation is 1. The number of aromatic nitrogens is 1. The molecule has 0 bridgehead atoms. The molecule has 0 aliphatic heterocycles. The first-order valence-corrected chi connectivity index (χ1v) is 6.89. The van der Waals surface area contributed by atoms with Crippen LogP contribution in [0.3, 0.4) is 0 Å². The standard InChI is InChI=1S/C12H23N3OS/c1-4-12-14-10-11(17-12)9-13-5-6-15(2)7-8-16-3/h10,13H,4-9H2,1-3H3. The Morgan fingerprint density at radius 1 is 1.47 bits per heavy atom. The molecule has 0 aliphatic carbocycles. The van der Waals surface area contributed by atoms with E-state index in [0.29, 0.717) is 0 Å². The van der Waals surface area contributed by atoms with Gasteiger partial charge >= 0.3 is 0 Å². The van der Waals surface area contributed by atoms with Gasteiger partial charge in [-0.1, -0.05) is 6.92 Å². The van der Waals surface area contributed by atoms with E-state index in [1.807, 2.05) is 6.20 Å². The highest BCUT2D eigenvalue weighted by atomic mass is 32.1. The van der Waals surface area contributed by atoms with E-state index in [-0.39, 0.29) is 0 Å². The van der Waals surface area contributed by atoms with E-state index in [2.05, 4.69) is 29.2 Å². The van der Waals surface area contributed by atoms with Crippen LogP contribution in [0.5, 0.6) is 0 Å². The van der Waals surface area contributed by atoms with Gasteiger partial charge in [0.2, 0.25) is 0 Å². The van der Waals surface area contributed by atoms with E-state index in [9.17, 15) is 0 Å². The third-order valence-electron chi connectivity index (χ3n) is 2.55. The molecule has 1 N–H and O–H groups in total. The number of hydrogen-bond acceptors (Lipinski definition) is 5. The highest BCUT2D eigenvalue weighted by Crippen LogP contribution is 2.12. The van der Waals surface area contributed by atoms with Crippen LogP contribution in [0.1, 0.15) is 16.8 Å². The fraction of sp³-hybridized carbons (Fsp3) is 0.750. The molecule has 1 rings (SSSR count). The lowest BCUT2D eigenvalue weighted by atomic mass is 10.4. The largest absolute Gasteiger partial charge is 0.383 e. The molecule has 0 atom stereocenters. The maximum absolute atomic E-state index is 5.03. The average Bonchev–Trinajstić information content (AvgIpc) is 2.80. The molecule has 5 heteroatoms. The maximum atomic E-state index is 5.03. The summed E-state index contributed by atoms with van der Waals surface area (Å²) in [6, 6.07) is 0. The van der Waals surface area contributed by atoms with Crippen LogP contribution < -0.4 is 5.32 Å². The second-order valence-corrected chi connectivity index (χ2v) is 5.25. The third kappa shape index (κ3) is 6.12. The van der Waals surface area contributed by atoms with Gasteiger partial charge in [-0.3, -0.25) is 0 Å². The van der Waals surface area contributed by atoms with Crippen molar-refractivity contribution in [2.45, 2.75) is 19.9 Å². The summed E-state index contributed by atoms with van der Waals surface area (Å²) in [5, 5.41) is 4.66. The third-order valence-corrected chi connectivity index (χ3v) is 3.69. The summed E-state index contributed by atoms with van der Waals surface area (Å²) < 4.78 is 5.03. The first-order valence-electron chi connectivity index (χ1n) is 6.08. The fourth-order valence-corrected chi connectivity index (χ4v) is 2.27. The second-order valence-electron chi connectivity index (χ2n) is 4.05. The van der Waals surface area contributed by atoms with Crippen molar-refractivity contribution in [3.63, 3.8) is 0 Å². The number of nitrogens with one attached hydrogen (secondary N) is 1. The number of nitrogens with zero attached hydrogens (tertiary/aromatic N) is 2. The van der Waals surface area contributed by atoms with Crippen LogP contribution in [0.15, 0.2) is 6.20 Å². The van der Waals surface area contributed by atoms with Crippen molar-refractivity contribution in [1.29, 1.82) is 0 Å². The predicted molar refractivity (Wildman–Crippen MR) is 72.6 cm³/mol. The molecule has 1 aromatic rings. The summed E-state index contributed by atoms with van der Waals surface area (Å²) in [5.41, 5.74) is 0. The lowest BCUT2D eigenvalue weighted by Gasteiger charge is -2.15. The number of ether oxygens (including phenoxy) is 1. The van der Waals surface area contributed by atoms with Gasteiger partial charge in [0.25, 0.3) is 0 Å². The van der Waals surface area contributed by atoms with Crippen molar-refractivity contribution >= 4 is 11.3 Å². The van der Waals surface area contributed by atoms with Crippen molar-refractivity contribution < 1.29 is 4.74 Å². The van der Waals surface area contributed by atoms with Gasteiger partial charge in [0.15, 0.2) is 0 Å². The lowest BCUT2D eigenvalue weighted by Crippen LogP contribution is -2.31. The van der Waals surface area contributed by atoms with E-state index >= 15 is 0 Å². The van der Waals surface area contributed by atoms with Crippen LogP contribution in [0, 0.1) is 0 Å². The zero-order valence-corrected chi connectivity index (χ0v) is 11.8. The Hall–Kier alpha value is -0.490. The smallest absolute Gasteiger partial charge is 0.0925 e. The van der Waals surface area contributed by atoms with Crippen molar-refractivity contribution in [3.05, 3.63) is 16.1 Å². The Morgan fingerprint density at radius 2 is 2.29 bits per heavy atom. The zero-order valence-electron chi connectivity index (χ0n) is 11.0. The maximum Gasteiger partial charge on any atom is 0.0925 e. The van der Waals surface area contributed by atoms with E-state index in [4.69, 9.17) is 4.74 Å². The molecule has 0 unspecified atom stereocenters. The molecule has 17 heavy (non-hydrogen) atoms. The molecule has 0 saturated heterocycles. The molecule has 1 aromatic heterocycles. The Labute approximate surface area is 108 Å². The van der Waals surface area contributed by atoms with Crippen molar-refractivity contribution in [2.75, 3.05) is 40.4 Å². The molecule has 4 nitrogen and oxygen atoms in total. The molecule has 0 aliphatic rings. The lowest BCUT2D eigenvalue weighted by molar-refractivity contribution is 0.161. The predicted octanol–water partition coefficient (Wildman–Crippen LogP) is 1.37. The minimum absolute atomic E-state index is 0.797. The molecule has 1 heterocycles. The van der Waals surface area contributed by atoms with Gasteiger partial charge in [0.05, 0.1) is 11.6 Å². The van der Waals surface area contributed by atoms with Crippen LogP contribution in [0.25, 0.3) is 0 Å². The number of rotatable bonds is 9. The topological polar surface area (TPSA) is 37.4 Å². The normalized spacial score (nSPS) is 11.3. The Kier molecular flexibility index (Phi) is 7.35. The van der Waals surface area contributed by atoms with E-state index in [1.54, 1.807) is 18.4 Å². The van der Waals surface area contributed by atoms with Crippen LogP contribution in [0.2, 0.25) is 0 Å². The average molecular weight is 257 g/mol. The highest BCUT2D eigenvalue weighted by Gasteiger charge is 2.00. The minimum atomic E-state index is 0.797. The Balaban J connectivity index is 2.07. The molecule has 98 valence electrons. The quantitative estimate of drug-likeness (QED) is 0.678. The summed E-state index contributed by atoms with van der Waals surface area (Å²) in [4.78, 5) is 7.93. The van der Waals surface area contributed by atoms with Crippen LogP contribution in [0.4, 0.5) is 0 Å². The highest BCUT2D eigenvalue weighted by molar-refractivity contribution is 7.11. The van der Waals surface area contributed by atoms with E-state index < -0.39 is 0 Å². The summed E-state index contributed by atoms with van der Waals surface area (Å²) in [5.74, 6) is 0. The van der Waals surface area contributed by atoms with Crippen molar-refractivity contribution in [3.8, 4) is 0 Å². The Bertz CT molecular complexity index is 304. The number of methoxy groups -OCH3 is 1. The molecule has 0 fully saturated rings. The van der Waals surface area contributed by atoms with Gasteiger partial charge < -0.3 is 15.0 Å². The first-order chi connectivity index (χ1) is 8.26. The first kappa shape index (κ1) is 14.6. The molecule has 0 amide bonds. The van der Waals surface area contributed by atoms with Crippen molar-refractivity contribution in [1.82, 2.24) is 15.2 Å².